The van der Waals surface area contributed by atoms with Gasteiger partial charge in [-0.15, -0.1) is 5.10 Å². The third-order valence-electron chi connectivity index (χ3n) is 4.71. The summed E-state index contributed by atoms with van der Waals surface area (Å²) in [5, 5.41) is 12.9. The van der Waals surface area contributed by atoms with Gasteiger partial charge in [-0.2, -0.15) is 5.10 Å². The molecule has 0 saturated carbocycles. The van der Waals surface area contributed by atoms with Crippen LogP contribution in [-0.4, -0.2) is 36.9 Å². The van der Waals surface area contributed by atoms with Crippen LogP contribution in [0.3, 0.4) is 0 Å². The van der Waals surface area contributed by atoms with Gasteiger partial charge in [-0.25, -0.2) is 0 Å². The number of methoxy groups -OCH3 is 1. The Morgan fingerprint density at radius 3 is 2.58 bits per heavy atom. The second-order valence-electron chi connectivity index (χ2n) is 7.86. The topological polar surface area (TPSA) is 50.3 Å². The Bertz CT molecular complexity index is 736. The zero-order valence-electron chi connectivity index (χ0n) is 15.9. The van der Waals surface area contributed by atoms with Crippen LogP contribution >= 0.6 is 11.6 Å². The smallest absolute Gasteiger partial charge is 0.151 e. The SMILES string of the molecule is COc1cccc(CNCC2CN(c3ccc(C(C)(C)C)nn3)C2)c1Cl. The van der Waals surface area contributed by atoms with E-state index in [2.05, 4.69) is 53.3 Å². The van der Waals surface area contributed by atoms with Crippen molar-refractivity contribution in [2.24, 2.45) is 5.92 Å². The van der Waals surface area contributed by atoms with E-state index in [-0.39, 0.29) is 5.41 Å². The summed E-state index contributed by atoms with van der Waals surface area (Å²) in [6, 6.07) is 10.0. The molecule has 1 aliphatic rings. The highest BCUT2D eigenvalue weighted by molar-refractivity contribution is 6.32. The van der Waals surface area contributed by atoms with Crippen molar-refractivity contribution >= 4 is 17.4 Å². The first-order valence-corrected chi connectivity index (χ1v) is 9.37. The number of benzene rings is 1. The number of hydrogen-bond acceptors (Lipinski definition) is 5. The molecule has 0 spiro atoms. The summed E-state index contributed by atoms with van der Waals surface area (Å²) >= 11 is 6.33. The molecule has 26 heavy (non-hydrogen) atoms. The maximum Gasteiger partial charge on any atom is 0.151 e. The number of halogens is 1. The Labute approximate surface area is 160 Å². The molecule has 140 valence electrons. The standard InChI is InChI=1S/C20H27ClN4O/c1-20(2,3)17-8-9-18(24-23-17)25-12-14(13-25)10-22-11-15-6-5-7-16(26-4)19(15)21/h5-9,14,22H,10-13H2,1-4H3. The molecule has 2 heterocycles. The number of nitrogens with zero attached hydrogens (tertiary/aromatic N) is 3. The summed E-state index contributed by atoms with van der Waals surface area (Å²) in [6.07, 6.45) is 0. The molecule has 1 aromatic heterocycles. The highest BCUT2D eigenvalue weighted by Gasteiger charge is 2.28. The average molecular weight is 375 g/mol. The molecular weight excluding hydrogens is 348 g/mol. The van der Waals surface area contributed by atoms with Gasteiger partial charge in [0.25, 0.3) is 0 Å². The summed E-state index contributed by atoms with van der Waals surface area (Å²) in [5.74, 6) is 2.30. The zero-order chi connectivity index (χ0) is 18.7. The van der Waals surface area contributed by atoms with Crippen LogP contribution in [-0.2, 0) is 12.0 Å². The molecule has 1 N–H and O–H groups in total. The van der Waals surface area contributed by atoms with E-state index < -0.39 is 0 Å². The number of rotatable bonds is 6. The lowest BCUT2D eigenvalue weighted by molar-refractivity contribution is 0.380. The summed E-state index contributed by atoms with van der Waals surface area (Å²) in [7, 11) is 1.64. The van der Waals surface area contributed by atoms with E-state index in [4.69, 9.17) is 16.3 Å². The number of anilines is 1. The van der Waals surface area contributed by atoms with Crippen molar-refractivity contribution in [2.75, 3.05) is 31.6 Å². The van der Waals surface area contributed by atoms with Crippen molar-refractivity contribution < 1.29 is 4.74 Å². The minimum atomic E-state index is 0.0360. The largest absolute Gasteiger partial charge is 0.495 e. The Morgan fingerprint density at radius 2 is 1.96 bits per heavy atom. The van der Waals surface area contributed by atoms with Crippen LogP contribution in [0.4, 0.5) is 5.82 Å². The van der Waals surface area contributed by atoms with Crippen molar-refractivity contribution in [1.29, 1.82) is 0 Å². The molecule has 6 heteroatoms. The van der Waals surface area contributed by atoms with Crippen LogP contribution in [0.2, 0.25) is 5.02 Å². The lowest BCUT2D eigenvalue weighted by Crippen LogP contribution is -2.51. The molecule has 0 atom stereocenters. The average Bonchev–Trinajstić information content (AvgIpc) is 2.57. The molecule has 1 saturated heterocycles. The Morgan fingerprint density at radius 1 is 1.19 bits per heavy atom. The third-order valence-corrected chi connectivity index (χ3v) is 5.14. The third kappa shape index (κ3) is 4.27. The van der Waals surface area contributed by atoms with Crippen molar-refractivity contribution in [1.82, 2.24) is 15.5 Å². The Balaban J connectivity index is 1.45. The van der Waals surface area contributed by atoms with E-state index in [0.717, 1.165) is 49.0 Å². The maximum atomic E-state index is 6.33. The van der Waals surface area contributed by atoms with E-state index in [0.29, 0.717) is 10.9 Å². The molecule has 3 rings (SSSR count). The van der Waals surface area contributed by atoms with Gasteiger partial charge in [0, 0.05) is 37.5 Å². The molecule has 5 nitrogen and oxygen atoms in total. The number of aromatic nitrogens is 2. The van der Waals surface area contributed by atoms with E-state index in [9.17, 15) is 0 Å². The van der Waals surface area contributed by atoms with Crippen molar-refractivity contribution in [3.63, 3.8) is 0 Å². The molecule has 0 amide bonds. The van der Waals surface area contributed by atoms with Gasteiger partial charge >= 0.3 is 0 Å². The van der Waals surface area contributed by atoms with E-state index in [1.54, 1.807) is 7.11 Å². The molecule has 1 fully saturated rings. The molecule has 2 aromatic rings. The molecule has 0 unspecified atom stereocenters. The van der Waals surface area contributed by atoms with Gasteiger partial charge in [0.1, 0.15) is 5.75 Å². The first-order chi connectivity index (χ1) is 12.4. The van der Waals surface area contributed by atoms with E-state index in [1.807, 2.05) is 18.2 Å². The van der Waals surface area contributed by atoms with Crippen LogP contribution in [0.5, 0.6) is 5.75 Å². The lowest BCUT2D eigenvalue weighted by Gasteiger charge is -2.40. The fourth-order valence-corrected chi connectivity index (χ4v) is 3.31. The van der Waals surface area contributed by atoms with Crippen LogP contribution < -0.4 is 15.0 Å². The summed E-state index contributed by atoms with van der Waals surface area (Å²) in [5.41, 5.74) is 2.12. The zero-order valence-corrected chi connectivity index (χ0v) is 16.7. The normalized spacial score (nSPS) is 15.0. The summed E-state index contributed by atoms with van der Waals surface area (Å²) < 4.78 is 5.26. The molecule has 0 bridgehead atoms. The van der Waals surface area contributed by atoms with Gasteiger partial charge in [0.05, 0.1) is 17.8 Å². The summed E-state index contributed by atoms with van der Waals surface area (Å²) in [6.45, 7) is 10.2. The Kier molecular flexibility index (Phi) is 5.68. The van der Waals surface area contributed by atoms with Gasteiger partial charge in [-0.3, -0.25) is 0 Å². The highest BCUT2D eigenvalue weighted by Crippen LogP contribution is 2.28. The van der Waals surface area contributed by atoms with Gasteiger partial charge in [0.2, 0.25) is 0 Å². The van der Waals surface area contributed by atoms with Crippen LogP contribution in [0, 0.1) is 5.92 Å². The lowest BCUT2D eigenvalue weighted by atomic mass is 9.92. The van der Waals surface area contributed by atoms with Crippen molar-refractivity contribution in [2.45, 2.75) is 32.7 Å². The molecular formula is C20H27ClN4O. The van der Waals surface area contributed by atoms with Crippen molar-refractivity contribution in [3.05, 3.63) is 46.6 Å². The van der Waals surface area contributed by atoms with Crippen LogP contribution in [0.15, 0.2) is 30.3 Å². The van der Waals surface area contributed by atoms with E-state index >= 15 is 0 Å². The second kappa shape index (κ2) is 7.80. The monoisotopic (exact) mass is 374 g/mol. The minimum Gasteiger partial charge on any atom is -0.495 e. The fourth-order valence-electron chi connectivity index (χ4n) is 3.04. The fraction of sp³-hybridized carbons (Fsp3) is 0.500. The number of nitrogens with one attached hydrogen (secondary N) is 1. The Hall–Kier alpha value is -1.85. The van der Waals surface area contributed by atoms with Gasteiger partial charge < -0.3 is 15.0 Å². The van der Waals surface area contributed by atoms with Crippen molar-refractivity contribution in [3.8, 4) is 5.75 Å². The van der Waals surface area contributed by atoms with Gasteiger partial charge in [0.15, 0.2) is 5.82 Å². The predicted molar refractivity (Wildman–Crippen MR) is 106 cm³/mol. The van der Waals surface area contributed by atoms with E-state index in [1.165, 1.54) is 0 Å². The minimum absolute atomic E-state index is 0.0360. The second-order valence-corrected chi connectivity index (χ2v) is 8.24. The predicted octanol–water partition coefficient (Wildman–Crippen LogP) is 3.66. The quantitative estimate of drug-likeness (QED) is 0.836. The first kappa shape index (κ1) is 18.9. The molecule has 1 aromatic carbocycles. The maximum absolute atomic E-state index is 6.33. The molecule has 0 radical (unpaired) electrons. The molecule has 0 aliphatic carbocycles. The highest BCUT2D eigenvalue weighted by atomic mass is 35.5. The van der Waals surface area contributed by atoms with Gasteiger partial charge in [-0.05, 0) is 23.8 Å². The first-order valence-electron chi connectivity index (χ1n) is 8.99. The molecule has 1 aliphatic heterocycles. The van der Waals surface area contributed by atoms with Gasteiger partial charge in [-0.1, -0.05) is 44.5 Å². The number of hydrogen-bond donors (Lipinski definition) is 1. The van der Waals surface area contributed by atoms with Crippen LogP contribution in [0.1, 0.15) is 32.0 Å². The number of ether oxygens (including phenoxy) is 1. The van der Waals surface area contributed by atoms with Crippen LogP contribution in [0.25, 0.3) is 0 Å². The summed E-state index contributed by atoms with van der Waals surface area (Å²) in [4.78, 5) is 2.27.